The van der Waals surface area contributed by atoms with Gasteiger partial charge in [-0.1, -0.05) is 12.1 Å². The van der Waals surface area contributed by atoms with E-state index in [4.69, 9.17) is 9.47 Å². The van der Waals surface area contributed by atoms with Gasteiger partial charge in [-0.15, -0.1) is 0 Å². The van der Waals surface area contributed by atoms with Crippen molar-refractivity contribution in [2.75, 3.05) is 30.7 Å². The van der Waals surface area contributed by atoms with Gasteiger partial charge in [0.25, 0.3) is 0 Å². The zero-order valence-corrected chi connectivity index (χ0v) is 24.0. The molecule has 0 unspecified atom stereocenters. The lowest BCUT2D eigenvalue weighted by Crippen LogP contribution is -2.35. The number of carboxylic acid groups (broad SMARTS) is 1. The van der Waals surface area contributed by atoms with Gasteiger partial charge in [-0.05, 0) is 91.9 Å². The molecule has 3 aromatic rings. The molecule has 5 N–H and O–H groups in total. The number of aliphatic hydroxyl groups is 1. The lowest BCUT2D eigenvalue weighted by Gasteiger charge is -2.22. The van der Waals surface area contributed by atoms with Crippen molar-refractivity contribution in [3.8, 4) is 28.4 Å². The Morgan fingerprint density at radius 1 is 1.00 bits per heavy atom. The molecule has 0 spiro atoms. The number of hydrogen-bond donors (Lipinski definition) is 5. The van der Waals surface area contributed by atoms with E-state index in [0.29, 0.717) is 31.1 Å². The molecule has 216 valence electrons. The summed E-state index contributed by atoms with van der Waals surface area (Å²) in [6, 6.07) is 12.8. The number of aromatic hydroxyl groups is 1. The average molecular weight is 573 g/mol. The van der Waals surface area contributed by atoms with Gasteiger partial charge in [0.1, 0.15) is 29.4 Å². The number of aryl methyl sites for hydroxylation is 2. The number of sulfonamides is 1. The Morgan fingerprint density at radius 3 is 2.27 bits per heavy atom. The SMILES string of the molecule is CCOc1cc(-c2cc(C)c(OCCN[C@@H](C)[C@H](O)c3ccc(O)c(NS(C)(=O)=O)c3)c(C)c2)ccc1C(=O)O. The van der Waals surface area contributed by atoms with Crippen LogP contribution in [0.15, 0.2) is 48.5 Å². The molecule has 10 nitrogen and oxygen atoms in total. The van der Waals surface area contributed by atoms with Crippen LogP contribution in [0.2, 0.25) is 0 Å². The molecular formula is C29H36N2O8S. The molecule has 0 radical (unpaired) electrons. The second-order valence-corrected chi connectivity index (χ2v) is 11.3. The molecule has 0 fully saturated rings. The first-order chi connectivity index (χ1) is 18.8. The van der Waals surface area contributed by atoms with Crippen LogP contribution in [0.1, 0.15) is 47.0 Å². The van der Waals surface area contributed by atoms with Crippen LogP contribution < -0.4 is 19.5 Å². The van der Waals surface area contributed by atoms with Crippen molar-refractivity contribution in [1.82, 2.24) is 5.32 Å². The van der Waals surface area contributed by atoms with Crippen LogP contribution in [-0.4, -0.2) is 61.8 Å². The number of carboxylic acids is 1. The Hall–Kier alpha value is -3.80. The summed E-state index contributed by atoms with van der Waals surface area (Å²) in [6.07, 6.45) is 0.0191. The van der Waals surface area contributed by atoms with Gasteiger partial charge in [0.05, 0.1) is 24.7 Å². The molecule has 40 heavy (non-hydrogen) atoms. The number of rotatable bonds is 13. The Labute approximate surface area is 234 Å². The Kier molecular flexibility index (Phi) is 10.0. The fourth-order valence-electron chi connectivity index (χ4n) is 4.36. The number of phenolic OH excluding ortho intramolecular Hbond substituents is 1. The van der Waals surface area contributed by atoms with E-state index in [1.54, 1.807) is 32.0 Å². The van der Waals surface area contributed by atoms with Crippen LogP contribution in [-0.2, 0) is 10.0 Å². The van der Waals surface area contributed by atoms with E-state index in [2.05, 4.69) is 10.0 Å². The minimum Gasteiger partial charge on any atom is -0.506 e. The summed E-state index contributed by atoms with van der Waals surface area (Å²) in [4.78, 5) is 11.5. The number of benzene rings is 3. The topological polar surface area (TPSA) is 154 Å². The highest BCUT2D eigenvalue weighted by Crippen LogP contribution is 2.33. The molecule has 0 saturated carbocycles. The number of nitrogens with one attached hydrogen (secondary N) is 2. The van der Waals surface area contributed by atoms with E-state index in [-0.39, 0.29) is 17.0 Å². The second-order valence-electron chi connectivity index (χ2n) is 9.58. The van der Waals surface area contributed by atoms with Crippen LogP contribution in [0.3, 0.4) is 0 Å². The van der Waals surface area contributed by atoms with Gasteiger partial charge in [0.2, 0.25) is 10.0 Å². The lowest BCUT2D eigenvalue weighted by molar-refractivity contribution is 0.0692. The molecule has 0 bridgehead atoms. The van der Waals surface area contributed by atoms with Crippen molar-refractivity contribution in [3.63, 3.8) is 0 Å². The van der Waals surface area contributed by atoms with Crippen molar-refractivity contribution in [2.24, 2.45) is 0 Å². The molecule has 3 rings (SSSR count). The van der Waals surface area contributed by atoms with Gasteiger partial charge in [0.15, 0.2) is 0 Å². The maximum Gasteiger partial charge on any atom is 0.339 e. The van der Waals surface area contributed by atoms with E-state index >= 15 is 0 Å². The Morgan fingerprint density at radius 2 is 1.68 bits per heavy atom. The van der Waals surface area contributed by atoms with Crippen LogP contribution in [0.25, 0.3) is 11.1 Å². The van der Waals surface area contributed by atoms with Gasteiger partial charge in [-0.2, -0.15) is 0 Å². The fraction of sp³-hybridized carbons (Fsp3) is 0.345. The summed E-state index contributed by atoms with van der Waals surface area (Å²) >= 11 is 0. The molecule has 0 aromatic heterocycles. The summed E-state index contributed by atoms with van der Waals surface area (Å²) in [5, 5.41) is 33.3. The smallest absolute Gasteiger partial charge is 0.339 e. The third-order valence-electron chi connectivity index (χ3n) is 6.25. The molecule has 0 amide bonds. The number of aromatic carboxylic acids is 1. The predicted molar refractivity (Wildman–Crippen MR) is 154 cm³/mol. The first kappa shape index (κ1) is 30.7. The fourth-order valence-corrected chi connectivity index (χ4v) is 4.92. The molecule has 11 heteroatoms. The molecule has 0 aliphatic rings. The summed E-state index contributed by atoms with van der Waals surface area (Å²) in [7, 11) is -3.59. The number of hydrogen-bond acceptors (Lipinski definition) is 8. The number of anilines is 1. The van der Waals surface area contributed by atoms with Crippen LogP contribution in [0, 0.1) is 13.8 Å². The zero-order chi connectivity index (χ0) is 29.6. The third-order valence-corrected chi connectivity index (χ3v) is 6.84. The molecule has 0 aliphatic heterocycles. The van der Waals surface area contributed by atoms with Crippen LogP contribution in [0.5, 0.6) is 17.2 Å². The Balaban J connectivity index is 1.63. The Bertz CT molecular complexity index is 1450. The number of carbonyl (C=O) groups is 1. The van der Waals surface area contributed by atoms with E-state index in [1.807, 2.05) is 26.0 Å². The van der Waals surface area contributed by atoms with Crippen molar-refractivity contribution in [3.05, 3.63) is 70.8 Å². The second kappa shape index (κ2) is 13.0. The number of phenols is 1. The van der Waals surface area contributed by atoms with E-state index < -0.39 is 28.1 Å². The highest BCUT2D eigenvalue weighted by molar-refractivity contribution is 7.92. The highest BCUT2D eigenvalue weighted by Gasteiger charge is 2.19. The maximum atomic E-state index is 11.5. The van der Waals surface area contributed by atoms with Crippen LogP contribution in [0.4, 0.5) is 5.69 Å². The van der Waals surface area contributed by atoms with Gasteiger partial charge in [0, 0.05) is 12.6 Å². The summed E-state index contributed by atoms with van der Waals surface area (Å²) in [5.41, 5.74) is 4.12. The standard InChI is InChI=1S/C29H36N2O8S/c1-6-38-26-16-20(7-9-23(26)29(34)35)22-13-17(2)28(18(3)14-22)39-12-11-30-19(4)27(33)21-8-10-25(32)24(15-21)31-40(5,36)37/h7-10,13-16,19,27,30-33H,6,11-12H2,1-5H3,(H,34,35)/t19-,27-/m0/s1. The van der Waals surface area contributed by atoms with Gasteiger partial charge in [-0.25, -0.2) is 13.2 Å². The highest BCUT2D eigenvalue weighted by atomic mass is 32.2. The number of aliphatic hydroxyl groups excluding tert-OH is 1. The summed E-state index contributed by atoms with van der Waals surface area (Å²) in [6.45, 7) is 8.59. The van der Waals surface area contributed by atoms with Gasteiger partial charge >= 0.3 is 5.97 Å². The van der Waals surface area contributed by atoms with Gasteiger partial charge < -0.3 is 30.1 Å². The van der Waals surface area contributed by atoms with Crippen molar-refractivity contribution >= 4 is 21.7 Å². The first-order valence-corrected chi connectivity index (χ1v) is 14.7. The minimum absolute atomic E-state index is 0.00378. The first-order valence-electron chi connectivity index (χ1n) is 12.8. The third kappa shape index (κ3) is 7.87. The van der Waals surface area contributed by atoms with E-state index in [9.17, 15) is 28.5 Å². The maximum absolute atomic E-state index is 11.5. The zero-order valence-electron chi connectivity index (χ0n) is 23.2. The van der Waals surface area contributed by atoms with Gasteiger partial charge in [-0.3, -0.25) is 4.72 Å². The molecule has 0 aliphatic carbocycles. The minimum atomic E-state index is -3.59. The molecule has 0 saturated heterocycles. The normalized spacial score (nSPS) is 12.9. The monoisotopic (exact) mass is 572 g/mol. The average Bonchev–Trinajstić information content (AvgIpc) is 2.87. The van der Waals surface area contributed by atoms with Crippen LogP contribution >= 0.6 is 0 Å². The molecular weight excluding hydrogens is 536 g/mol. The number of ether oxygens (including phenoxy) is 2. The quantitative estimate of drug-likeness (QED) is 0.149. The van der Waals surface area contributed by atoms with Crippen molar-refractivity contribution in [2.45, 2.75) is 39.8 Å². The van der Waals surface area contributed by atoms with E-state index in [0.717, 1.165) is 34.3 Å². The predicted octanol–water partition coefficient (Wildman–Crippen LogP) is 4.23. The van der Waals surface area contributed by atoms with Crippen molar-refractivity contribution < 1.29 is 38.0 Å². The molecule has 3 aromatic carbocycles. The van der Waals surface area contributed by atoms with Crippen molar-refractivity contribution in [1.29, 1.82) is 0 Å². The summed E-state index contributed by atoms with van der Waals surface area (Å²) in [5.74, 6) is -0.223. The molecule has 2 atom stereocenters. The largest absolute Gasteiger partial charge is 0.506 e. The summed E-state index contributed by atoms with van der Waals surface area (Å²) < 4.78 is 36.9. The molecule has 0 heterocycles. The van der Waals surface area contributed by atoms with E-state index in [1.165, 1.54) is 18.2 Å². The lowest BCUT2D eigenvalue weighted by atomic mass is 9.98.